The van der Waals surface area contributed by atoms with Gasteiger partial charge in [0.25, 0.3) is 0 Å². The monoisotopic (exact) mass is 532 g/mol. The predicted octanol–water partition coefficient (Wildman–Crippen LogP) is 7.95. The van der Waals surface area contributed by atoms with Crippen LogP contribution in [0.15, 0.2) is 77.3 Å². The molecule has 0 saturated heterocycles. The molecule has 4 rings (SSSR count). The first-order chi connectivity index (χ1) is 18.3. The van der Waals surface area contributed by atoms with Gasteiger partial charge in [0.2, 0.25) is 0 Å². The Bertz CT molecular complexity index is 1410. The molecule has 0 aliphatic rings. The molecule has 2 atom stereocenters. The number of nitrogens with zero attached hydrogens (tertiary/aromatic N) is 1. The number of hydrogen-bond acceptors (Lipinski definition) is 6. The number of hydrogen-bond donors (Lipinski definition) is 1. The van der Waals surface area contributed by atoms with E-state index in [0.29, 0.717) is 34.3 Å². The summed E-state index contributed by atoms with van der Waals surface area (Å²) in [7, 11) is 0. The summed E-state index contributed by atoms with van der Waals surface area (Å²) in [5, 5.41) is 7.31. The van der Waals surface area contributed by atoms with Crippen LogP contribution in [0.25, 0.3) is 22.5 Å². The van der Waals surface area contributed by atoms with Gasteiger partial charge in [0, 0.05) is 16.1 Å². The lowest BCUT2D eigenvalue weighted by molar-refractivity contribution is -0.144. The maximum atomic E-state index is 12.7. The Kier molecular flexibility index (Phi) is 8.48. The number of esters is 1. The fraction of sp³-hybridized carbons (Fsp3) is 0.233. The molecule has 0 radical (unpaired) electrons. The highest BCUT2D eigenvalue weighted by Crippen LogP contribution is 2.33. The summed E-state index contributed by atoms with van der Waals surface area (Å²) in [6.45, 7) is 7.49. The van der Waals surface area contributed by atoms with Crippen LogP contribution in [0.4, 0.5) is 10.5 Å². The molecule has 196 valence electrons. The third kappa shape index (κ3) is 6.06. The van der Waals surface area contributed by atoms with Gasteiger partial charge in [0.1, 0.15) is 17.5 Å². The first-order valence-electron chi connectivity index (χ1n) is 12.3. The van der Waals surface area contributed by atoms with Gasteiger partial charge in [-0.3, -0.25) is 10.1 Å². The number of ether oxygens (including phenoxy) is 2. The molecule has 3 aromatic carbocycles. The molecule has 0 aliphatic heterocycles. The Hall–Kier alpha value is -4.10. The maximum absolute atomic E-state index is 12.7. The SMILES string of the molecule is CCOC(=O)C(C)c1ccc(-c2ccc(-c3onc(C)c3NC(=O)OC(C)c3ccccc3Cl)cc2)cc1. The summed E-state index contributed by atoms with van der Waals surface area (Å²) in [4.78, 5) is 24.7. The van der Waals surface area contributed by atoms with E-state index in [1.54, 1.807) is 26.8 Å². The van der Waals surface area contributed by atoms with Gasteiger partial charge in [-0.15, -0.1) is 0 Å². The van der Waals surface area contributed by atoms with Crippen molar-refractivity contribution in [2.45, 2.75) is 39.7 Å². The van der Waals surface area contributed by atoms with E-state index in [2.05, 4.69) is 10.5 Å². The number of benzene rings is 3. The van der Waals surface area contributed by atoms with E-state index in [-0.39, 0.29) is 11.9 Å². The minimum absolute atomic E-state index is 0.237. The quantitative estimate of drug-likeness (QED) is 0.231. The number of carbonyl (C=O) groups excluding carboxylic acids is 2. The number of nitrogens with one attached hydrogen (secondary N) is 1. The van der Waals surface area contributed by atoms with Crippen molar-refractivity contribution in [3.63, 3.8) is 0 Å². The Balaban J connectivity index is 1.47. The summed E-state index contributed by atoms with van der Waals surface area (Å²) in [5.41, 5.74) is 5.31. The van der Waals surface area contributed by atoms with Crippen LogP contribution in [0.5, 0.6) is 0 Å². The molecule has 0 spiro atoms. The number of anilines is 1. The van der Waals surface area contributed by atoms with Crippen molar-refractivity contribution in [1.29, 1.82) is 0 Å². The third-order valence-corrected chi connectivity index (χ3v) is 6.59. The predicted molar refractivity (Wildman–Crippen MR) is 147 cm³/mol. The summed E-state index contributed by atoms with van der Waals surface area (Å²) >= 11 is 6.22. The number of amides is 1. The van der Waals surface area contributed by atoms with Crippen LogP contribution in [0, 0.1) is 6.92 Å². The van der Waals surface area contributed by atoms with Crippen molar-refractivity contribution in [1.82, 2.24) is 5.16 Å². The lowest BCUT2D eigenvalue weighted by atomic mass is 9.97. The largest absolute Gasteiger partial charge is 0.466 e. The molecule has 0 fully saturated rings. The van der Waals surface area contributed by atoms with E-state index in [9.17, 15) is 9.59 Å². The molecule has 1 aromatic heterocycles. The number of aromatic nitrogens is 1. The average molecular weight is 533 g/mol. The van der Waals surface area contributed by atoms with Gasteiger partial charge in [0.15, 0.2) is 5.76 Å². The summed E-state index contributed by atoms with van der Waals surface area (Å²) in [6, 6.07) is 22.7. The van der Waals surface area contributed by atoms with Gasteiger partial charge in [-0.1, -0.05) is 83.5 Å². The van der Waals surface area contributed by atoms with Crippen LogP contribution >= 0.6 is 11.6 Å². The van der Waals surface area contributed by atoms with E-state index in [1.165, 1.54) is 0 Å². The Morgan fingerprint density at radius 2 is 1.55 bits per heavy atom. The molecule has 1 N–H and O–H groups in total. The molecule has 0 bridgehead atoms. The molecular weight excluding hydrogens is 504 g/mol. The van der Waals surface area contributed by atoms with E-state index in [0.717, 1.165) is 22.3 Å². The number of carbonyl (C=O) groups is 2. The van der Waals surface area contributed by atoms with Crippen LogP contribution in [0.1, 0.15) is 49.6 Å². The van der Waals surface area contributed by atoms with E-state index < -0.39 is 12.2 Å². The number of aryl methyl sites for hydroxylation is 1. The molecule has 1 amide bonds. The smallest absolute Gasteiger partial charge is 0.412 e. The van der Waals surface area contributed by atoms with Crippen molar-refractivity contribution < 1.29 is 23.6 Å². The van der Waals surface area contributed by atoms with Gasteiger partial charge in [-0.2, -0.15) is 0 Å². The zero-order valence-corrected chi connectivity index (χ0v) is 22.4. The van der Waals surface area contributed by atoms with Gasteiger partial charge < -0.3 is 14.0 Å². The number of rotatable bonds is 8. The fourth-order valence-corrected chi connectivity index (χ4v) is 4.35. The Labute approximate surface area is 226 Å². The third-order valence-electron chi connectivity index (χ3n) is 6.25. The lowest BCUT2D eigenvalue weighted by Gasteiger charge is -2.15. The van der Waals surface area contributed by atoms with Gasteiger partial charge in [0.05, 0.1) is 12.5 Å². The molecule has 8 heteroatoms. The lowest BCUT2D eigenvalue weighted by Crippen LogP contribution is -2.17. The van der Waals surface area contributed by atoms with Crippen LogP contribution in [-0.2, 0) is 14.3 Å². The summed E-state index contributed by atoms with van der Waals surface area (Å²) in [5.74, 6) is -0.139. The van der Waals surface area contributed by atoms with Crippen LogP contribution < -0.4 is 5.32 Å². The molecule has 4 aromatic rings. The van der Waals surface area contributed by atoms with Crippen molar-refractivity contribution in [2.75, 3.05) is 11.9 Å². The van der Waals surface area contributed by atoms with Gasteiger partial charge >= 0.3 is 12.1 Å². The number of halogens is 1. The van der Waals surface area contributed by atoms with Gasteiger partial charge in [-0.05, 0) is 50.5 Å². The molecule has 2 unspecified atom stereocenters. The molecule has 0 saturated carbocycles. The standard InChI is InChI=1S/C30H29ClN2O5/c1-5-36-29(34)18(2)21-10-12-22(13-11-21)23-14-16-24(17-15-23)28-27(19(3)33-38-28)32-30(35)37-20(4)25-8-6-7-9-26(25)31/h6-18,20H,5H2,1-4H3,(H,32,35). The average Bonchev–Trinajstić information content (AvgIpc) is 3.28. The minimum Gasteiger partial charge on any atom is -0.466 e. The topological polar surface area (TPSA) is 90.7 Å². The fourth-order valence-electron chi connectivity index (χ4n) is 4.06. The second-order valence-corrected chi connectivity index (χ2v) is 9.25. The molecule has 38 heavy (non-hydrogen) atoms. The molecular formula is C30H29ClN2O5. The summed E-state index contributed by atoms with van der Waals surface area (Å²) < 4.78 is 16.2. The second-order valence-electron chi connectivity index (χ2n) is 8.84. The molecule has 7 nitrogen and oxygen atoms in total. The van der Waals surface area contributed by atoms with Crippen molar-refractivity contribution in [3.05, 3.63) is 94.6 Å². The molecule has 0 aliphatic carbocycles. The highest BCUT2D eigenvalue weighted by atomic mass is 35.5. The first-order valence-corrected chi connectivity index (χ1v) is 12.7. The summed E-state index contributed by atoms with van der Waals surface area (Å²) in [6.07, 6.45) is -1.18. The second kappa shape index (κ2) is 12.0. The zero-order valence-electron chi connectivity index (χ0n) is 21.7. The van der Waals surface area contributed by atoms with E-state index in [1.807, 2.05) is 73.7 Å². The first kappa shape index (κ1) is 26.9. The van der Waals surface area contributed by atoms with Crippen LogP contribution in [0.2, 0.25) is 5.02 Å². The van der Waals surface area contributed by atoms with E-state index in [4.69, 9.17) is 25.6 Å². The van der Waals surface area contributed by atoms with Crippen molar-refractivity contribution in [3.8, 4) is 22.5 Å². The van der Waals surface area contributed by atoms with E-state index >= 15 is 0 Å². The highest BCUT2D eigenvalue weighted by molar-refractivity contribution is 6.31. The van der Waals surface area contributed by atoms with Crippen LogP contribution in [0.3, 0.4) is 0 Å². The van der Waals surface area contributed by atoms with Gasteiger partial charge in [-0.25, -0.2) is 4.79 Å². The molecule has 1 heterocycles. The minimum atomic E-state index is -0.640. The Morgan fingerprint density at radius 1 is 0.947 bits per heavy atom. The maximum Gasteiger partial charge on any atom is 0.412 e. The Morgan fingerprint density at radius 3 is 2.18 bits per heavy atom. The van der Waals surface area contributed by atoms with Crippen LogP contribution in [-0.4, -0.2) is 23.8 Å². The zero-order chi connectivity index (χ0) is 27.2. The van der Waals surface area contributed by atoms with Crippen molar-refractivity contribution >= 4 is 29.4 Å². The highest BCUT2D eigenvalue weighted by Gasteiger charge is 2.21. The van der Waals surface area contributed by atoms with Crippen molar-refractivity contribution in [2.24, 2.45) is 0 Å². The normalized spacial score (nSPS) is 12.4.